The summed E-state index contributed by atoms with van der Waals surface area (Å²) in [7, 11) is 4.27. The molecule has 1 N–H and O–H groups in total. The van der Waals surface area contributed by atoms with Crippen LogP contribution in [-0.2, 0) is 19.1 Å². The van der Waals surface area contributed by atoms with Crippen LogP contribution < -0.4 is 14.8 Å². The number of thioether (sulfide) groups is 1. The molecular formula is C21H20ClN3O7S. The summed E-state index contributed by atoms with van der Waals surface area (Å²) in [5, 5.41) is 2.37. The van der Waals surface area contributed by atoms with E-state index < -0.39 is 23.7 Å². The fourth-order valence-electron chi connectivity index (χ4n) is 2.94. The molecule has 3 rings (SSSR count). The molecule has 1 aromatic carbocycles. The number of nitrogens with one attached hydrogen (secondary N) is 1. The third kappa shape index (κ3) is 5.55. The van der Waals surface area contributed by atoms with Gasteiger partial charge in [-0.2, -0.15) is 0 Å². The highest BCUT2D eigenvalue weighted by Gasteiger charge is 2.37. The number of carbonyl (C=O) groups excluding carboxylic acids is 4. The van der Waals surface area contributed by atoms with Crippen LogP contribution in [0.1, 0.15) is 16.8 Å². The fourth-order valence-corrected chi connectivity index (χ4v) is 4.34. The van der Waals surface area contributed by atoms with Crippen molar-refractivity contribution in [3.8, 4) is 11.5 Å². The molecule has 12 heteroatoms. The molecule has 2 heterocycles. The van der Waals surface area contributed by atoms with Crippen molar-refractivity contribution in [3.05, 3.63) is 41.0 Å². The van der Waals surface area contributed by atoms with Crippen molar-refractivity contribution in [1.29, 1.82) is 0 Å². The summed E-state index contributed by atoms with van der Waals surface area (Å²) in [6, 6.07) is 5.95. The van der Waals surface area contributed by atoms with Gasteiger partial charge in [0.05, 0.1) is 35.7 Å². The van der Waals surface area contributed by atoms with E-state index in [4.69, 9.17) is 25.8 Å². The first-order valence-electron chi connectivity index (χ1n) is 9.55. The number of aromatic nitrogens is 1. The van der Waals surface area contributed by atoms with Gasteiger partial charge in [0, 0.05) is 25.7 Å². The summed E-state index contributed by atoms with van der Waals surface area (Å²) in [6.07, 6.45) is 1.47. The zero-order chi connectivity index (χ0) is 24.1. The van der Waals surface area contributed by atoms with Gasteiger partial charge in [0.15, 0.2) is 6.61 Å². The Labute approximate surface area is 198 Å². The van der Waals surface area contributed by atoms with Crippen LogP contribution in [0.2, 0.25) is 5.02 Å². The normalized spacial score (nSPS) is 15.4. The van der Waals surface area contributed by atoms with Crippen LogP contribution in [0.25, 0.3) is 0 Å². The highest BCUT2D eigenvalue weighted by Crippen LogP contribution is 2.36. The summed E-state index contributed by atoms with van der Waals surface area (Å²) in [4.78, 5) is 54.0. The van der Waals surface area contributed by atoms with Gasteiger partial charge in [-0.15, -0.1) is 0 Å². The van der Waals surface area contributed by atoms with E-state index in [1.165, 1.54) is 51.7 Å². The van der Waals surface area contributed by atoms with E-state index >= 15 is 0 Å². The lowest BCUT2D eigenvalue weighted by atomic mass is 10.2. The molecule has 0 radical (unpaired) electrons. The van der Waals surface area contributed by atoms with Gasteiger partial charge >= 0.3 is 5.97 Å². The molecule has 33 heavy (non-hydrogen) atoms. The molecule has 174 valence electrons. The zero-order valence-corrected chi connectivity index (χ0v) is 19.5. The number of ether oxygens (including phenoxy) is 3. The molecule has 1 fully saturated rings. The fraction of sp³-hybridized carbons (Fsp3) is 0.286. The van der Waals surface area contributed by atoms with E-state index in [2.05, 4.69) is 10.3 Å². The Morgan fingerprint density at radius 2 is 1.97 bits per heavy atom. The quantitative estimate of drug-likeness (QED) is 0.436. The minimum atomic E-state index is -0.800. The van der Waals surface area contributed by atoms with Gasteiger partial charge in [-0.25, -0.2) is 9.78 Å². The molecule has 1 saturated heterocycles. The molecule has 0 spiro atoms. The van der Waals surface area contributed by atoms with Crippen molar-refractivity contribution in [2.24, 2.45) is 0 Å². The third-order valence-electron chi connectivity index (χ3n) is 4.67. The monoisotopic (exact) mass is 493 g/mol. The van der Waals surface area contributed by atoms with E-state index in [-0.39, 0.29) is 39.5 Å². The average Bonchev–Trinajstić information content (AvgIpc) is 3.04. The number of halogens is 1. The Balaban J connectivity index is 1.65. The molecule has 1 aliphatic heterocycles. The number of methoxy groups -OCH3 is 2. The molecule has 1 aliphatic rings. The predicted octanol–water partition coefficient (Wildman–Crippen LogP) is 2.40. The maximum atomic E-state index is 12.6. The number of anilines is 1. The van der Waals surface area contributed by atoms with Gasteiger partial charge in [0.2, 0.25) is 11.8 Å². The van der Waals surface area contributed by atoms with Crippen molar-refractivity contribution >= 4 is 52.7 Å². The number of amides is 3. The van der Waals surface area contributed by atoms with Crippen molar-refractivity contribution in [1.82, 2.24) is 9.88 Å². The number of esters is 1. The summed E-state index contributed by atoms with van der Waals surface area (Å²) < 4.78 is 15.4. The van der Waals surface area contributed by atoms with E-state index in [1.807, 2.05) is 0 Å². The van der Waals surface area contributed by atoms with Crippen molar-refractivity contribution in [2.75, 3.05) is 33.2 Å². The summed E-state index contributed by atoms with van der Waals surface area (Å²) in [5.41, 5.74) is 0.352. The van der Waals surface area contributed by atoms with Gasteiger partial charge in [0.1, 0.15) is 16.5 Å². The number of rotatable bonds is 8. The first-order valence-corrected chi connectivity index (χ1v) is 10.8. The van der Waals surface area contributed by atoms with Gasteiger partial charge in [-0.3, -0.25) is 19.3 Å². The number of nitrogens with zero attached hydrogens (tertiary/aromatic N) is 2. The largest absolute Gasteiger partial charge is 0.495 e. The van der Waals surface area contributed by atoms with Gasteiger partial charge in [0.25, 0.3) is 5.91 Å². The highest BCUT2D eigenvalue weighted by molar-refractivity contribution is 8.00. The average molecular weight is 494 g/mol. The lowest BCUT2D eigenvalue weighted by Gasteiger charge is -2.14. The van der Waals surface area contributed by atoms with E-state index in [1.54, 1.807) is 0 Å². The van der Waals surface area contributed by atoms with Crippen LogP contribution in [0, 0.1) is 0 Å². The maximum Gasteiger partial charge on any atom is 0.341 e. The Kier molecular flexibility index (Phi) is 7.77. The number of imide groups is 1. The van der Waals surface area contributed by atoms with Crippen LogP contribution in [0.3, 0.4) is 0 Å². The SMILES string of the molecule is COc1cc(OC)c(NC(=O)COC(=O)c2cccnc2SC2CC(=O)N(C)C2=O)cc1Cl. The van der Waals surface area contributed by atoms with Crippen molar-refractivity contribution in [3.63, 3.8) is 0 Å². The molecule has 1 unspecified atom stereocenters. The third-order valence-corrected chi connectivity index (χ3v) is 6.16. The lowest BCUT2D eigenvalue weighted by molar-refractivity contribution is -0.136. The van der Waals surface area contributed by atoms with Crippen LogP contribution >= 0.6 is 23.4 Å². The summed E-state index contributed by atoms with van der Waals surface area (Å²) in [6.45, 7) is -0.589. The number of benzene rings is 1. The Morgan fingerprint density at radius 3 is 2.61 bits per heavy atom. The van der Waals surface area contributed by atoms with Crippen LogP contribution in [0.15, 0.2) is 35.5 Å². The summed E-state index contributed by atoms with van der Waals surface area (Å²) >= 11 is 7.09. The summed E-state index contributed by atoms with van der Waals surface area (Å²) in [5.74, 6) is -1.41. The second-order valence-corrected chi connectivity index (χ2v) is 8.37. The molecule has 3 amide bonds. The van der Waals surface area contributed by atoms with Gasteiger partial charge < -0.3 is 19.5 Å². The minimum absolute atomic E-state index is 0.0136. The smallest absolute Gasteiger partial charge is 0.341 e. The van der Waals surface area contributed by atoms with Gasteiger partial charge in [-0.1, -0.05) is 23.4 Å². The number of hydrogen-bond acceptors (Lipinski definition) is 9. The standard InChI is InChI=1S/C21H20ClN3O7S/c1-25-18(27)9-16(20(25)28)33-19-11(5-4-6-23-19)21(29)32-10-17(26)24-13-7-12(22)14(30-2)8-15(13)31-3/h4-8,16H,9-10H2,1-3H3,(H,24,26). The first-order chi connectivity index (χ1) is 15.7. The Morgan fingerprint density at radius 1 is 1.24 bits per heavy atom. The van der Waals surface area contributed by atoms with Crippen LogP contribution in [0.4, 0.5) is 5.69 Å². The van der Waals surface area contributed by atoms with Crippen LogP contribution in [0.5, 0.6) is 11.5 Å². The topological polar surface area (TPSA) is 124 Å². The molecular weight excluding hydrogens is 474 g/mol. The van der Waals surface area contributed by atoms with E-state index in [0.717, 1.165) is 16.7 Å². The lowest BCUT2D eigenvalue weighted by Crippen LogP contribution is -2.26. The number of likely N-dealkylation sites (tertiary alicyclic amines) is 1. The maximum absolute atomic E-state index is 12.6. The molecule has 1 atom stereocenters. The molecule has 0 aliphatic carbocycles. The van der Waals surface area contributed by atoms with E-state index in [0.29, 0.717) is 11.5 Å². The molecule has 0 saturated carbocycles. The van der Waals surface area contributed by atoms with Crippen LogP contribution in [-0.4, -0.2) is 66.7 Å². The zero-order valence-electron chi connectivity index (χ0n) is 17.9. The van der Waals surface area contributed by atoms with E-state index in [9.17, 15) is 19.2 Å². The van der Waals surface area contributed by atoms with Crippen molar-refractivity contribution in [2.45, 2.75) is 16.7 Å². The predicted molar refractivity (Wildman–Crippen MR) is 120 cm³/mol. The minimum Gasteiger partial charge on any atom is -0.495 e. The highest BCUT2D eigenvalue weighted by atomic mass is 35.5. The molecule has 1 aromatic heterocycles. The molecule has 0 bridgehead atoms. The van der Waals surface area contributed by atoms with Crippen molar-refractivity contribution < 1.29 is 33.4 Å². The Bertz CT molecular complexity index is 1110. The van der Waals surface area contributed by atoms with Gasteiger partial charge in [-0.05, 0) is 18.2 Å². The second kappa shape index (κ2) is 10.5. The molecule has 2 aromatic rings. The number of hydrogen-bond donors (Lipinski definition) is 1. The number of carbonyl (C=O) groups is 4. The first kappa shape index (κ1) is 24.3. The Hall–Kier alpha value is -3.31. The molecule has 10 nitrogen and oxygen atoms in total. The number of pyridine rings is 1. The second-order valence-electron chi connectivity index (χ2n) is 6.77.